The van der Waals surface area contributed by atoms with Gasteiger partial charge in [0.2, 0.25) is 0 Å². The van der Waals surface area contributed by atoms with Gasteiger partial charge in [0.25, 0.3) is 0 Å². The Bertz CT molecular complexity index is 576. The van der Waals surface area contributed by atoms with Gasteiger partial charge in [-0.05, 0) is 18.2 Å². The van der Waals surface area contributed by atoms with Crippen LogP contribution in [-0.2, 0) is 0 Å². The lowest BCUT2D eigenvalue weighted by atomic mass is 10.1. The van der Waals surface area contributed by atoms with Gasteiger partial charge < -0.3 is 24.1 Å². The number of aliphatic hydroxyl groups excluding tert-OH is 1. The van der Waals surface area contributed by atoms with Gasteiger partial charge in [-0.1, -0.05) is 0 Å². The van der Waals surface area contributed by atoms with E-state index in [1.165, 1.54) is 7.11 Å². The molecule has 1 aromatic carbocycles. The van der Waals surface area contributed by atoms with E-state index in [4.69, 9.17) is 13.9 Å². The summed E-state index contributed by atoms with van der Waals surface area (Å²) in [6.07, 6.45) is -1.69. The first-order valence-corrected chi connectivity index (χ1v) is 5.62. The molecular weight excluding hydrogens is 250 g/mol. The van der Waals surface area contributed by atoms with Gasteiger partial charge in [-0.3, -0.25) is 0 Å². The number of methoxy groups -OCH3 is 2. The molecule has 6 nitrogen and oxygen atoms in total. The maximum Gasteiger partial charge on any atom is 0.200 e. The fraction of sp³-hybridized carbons (Fsp3) is 0.308. The van der Waals surface area contributed by atoms with Crippen LogP contribution in [0.3, 0.4) is 0 Å². The van der Waals surface area contributed by atoms with E-state index in [-0.39, 0.29) is 5.69 Å². The van der Waals surface area contributed by atoms with Gasteiger partial charge in [-0.2, -0.15) is 0 Å². The minimum Gasteiger partial charge on any atom is -0.493 e. The van der Waals surface area contributed by atoms with Crippen molar-refractivity contribution >= 4 is 0 Å². The highest BCUT2D eigenvalue weighted by molar-refractivity contribution is 5.64. The van der Waals surface area contributed by atoms with E-state index in [9.17, 15) is 10.2 Å². The molecule has 0 saturated carbocycles. The average molecular weight is 265 g/mol. The fourth-order valence-corrected chi connectivity index (χ4v) is 1.80. The number of nitrogens with zero attached hydrogens (tertiary/aromatic N) is 1. The number of ether oxygens (including phenoxy) is 2. The molecule has 0 aliphatic rings. The van der Waals surface area contributed by atoms with Gasteiger partial charge in [0.05, 0.1) is 14.2 Å². The van der Waals surface area contributed by atoms with Gasteiger partial charge in [-0.15, -0.1) is 0 Å². The van der Waals surface area contributed by atoms with Crippen molar-refractivity contribution in [2.24, 2.45) is 0 Å². The standard InChI is InChI=1S/C13H15NO5/c1-7-14-11(13(15)16)12(19-7)8-4-5-9(17-2)10(6-8)18-3/h4-6,13,15-16H,1-3H3. The SMILES string of the molecule is COc1ccc(-c2oc(C)nc2C(O)O)cc1OC. The Morgan fingerprint density at radius 3 is 2.42 bits per heavy atom. The third-order valence-corrected chi connectivity index (χ3v) is 2.65. The van der Waals surface area contributed by atoms with Crippen molar-refractivity contribution < 1.29 is 24.1 Å². The molecule has 0 aliphatic heterocycles. The summed E-state index contributed by atoms with van der Waals surface area (Å²) in [6.45, 7) is 1.64. The molecule has 0 unspecified atom stereocenters. The topological polar surface area (TPSA) is 85.0 Å². The van der Waals surface area contributed by atoms with Crippen LogP contribution >= 0.6 is 0 Å². The zero-order chi connectivity index (χ0) is 14.0. The summed E-state index contributed by atoms with van der Waals surface area (Å²) < 4.78 is 15.7. The van der Waals surface area contributed by atoms with E-state index in [0.717, 1.165) is 0 Å². The van der Waals surface area contributed by atoms with Crippen molar-refractivity contribution in [2.75, 3.05) is 14.2 Å². The van der Waals surface area contributed by atoms with Crippen LogP contribution in [0.25, 0.3) is 11.3 Å². The maximum absolute atomic E-state index is 9.28. The van der Waals surface area contributed by atoms with Crippen LogP contribution < -0.4 is 9.47 Å². The summed E-state index contributed by atoms with van der Waals surface area (Å²) in [7, 11) is 3.06. The summed E-state index contributed by atoms with van der Waals surface area (Å²) >= 11 is 0. The molecule has 0 bridgehead atoms. The second-order valence-corrected chi connectivity index (χ2v) is 3.89. The predicted octanol–water partition coefficient (Wildman–Crippen LogP) is 1.65. The third-order valence-electron chi connectivity index (χ3n) is 2.65. The lowest BCUT2D eigenvalue weighted by molar-refractivity contribution is -0.0453. The van der Waals surface area contributed by atoms with Crippen LogP contribution in [0.15, 0.2) is 22.6 Å². The van der Waals surface area contributed by atoms with Gasteiger partial charge in [0.1, 0.15) is 5.69 Å². The molecule has 2 aromatic rings. The van der Waals surface area contributed by atoms with Gasteiger partial charge in [0, 0.05) is 12.5 Å². The molecule has 0 atom stereocenters. The number of rotatable bonds is 4. The minimum absolute atomic E-state index is 0.0738. The highest BCUT2D eigenvalue weighted by Gasteiger charge is 2.19. The van der Waals surface area contributed by atoms with Crippen LogP contribution in [-0.4, -0.2) is 29.4 Å². The highest BCUT2D eigenvalue weighted by atomic mass is 16.5. The molecule has 19 heavy (non-hydrogen) atoms. The summed E-state index contributed by atoms with van der Waals surface area (Å²) in [6, 6.07) is 5.12. The number of hydrogen-bond acceptors (Lipinski definition) is 6. The van der Waals surface area contributed by atoms with Gasteiger partial charge in [0.15, 0.2) is 29.4 Å². The summed E-state index contributed by atoms with van der Waals surface area (Å²) in [5, 5.41) is 18.6. The van der Waals surface area contributed by atoms with E-state index in [2.05, 4.69) is 4.98 Å². The van der Waals surface area contributed by atoms with Crippen LogP contribution in [0.1, 0.15) is 17.9 Å². The predicted molar refractivity (Wildman–Crippen MR) is 67.0 cm³/mol. The number of aryl methyl sites for hydroxylation is 1. The molecule has 2 rings (SSSR count). The van der Waals surface area contributed by atoms with Crippen molar-refractivity contribution in [1.82, 2.24) is 4.98 Å². The first-order valence-electron chi connectivity index (χ1n) is 5.62. The summed E-state index contributed by atoms with van der Waals surface area (Å²) in [4.78, 5) is 3.95. The highest BCUT2D eigenvalue weighted by Crippen LogP contribution is 2.35. The number of aliphatic hydroxyl groups is 2. The maximum atomic E-state index is 9.28. The number of benzene rings is 1. The van der Waals surface area contributed by atoms with Gasteiger partial charge >= 0.3 is 0 Å². The molecule has 1 aromatic heterocycles. The van der Waals surface area contributed by atoms with Crippen LogP contribution in [0.2, 0.25) is 0 Å². The van der Waals surface area contributed by atoms with Gasteiger partial charge in [-0.25, -0.2) is 4.98 Å². The second kappa shape index (κ2) is 5.29. The van der Waals surface area contributed by atoms with E-state index in [1.807, 2.05) is 0 Å². The summed E-state index contributed by atoms with van der Waals surface area (Å²) in [5.41, 5.74) is 0.700. The van der Waals surface area contributed by atoms with Crippen molar-refractivity contribution in [3.63, 3.8) is 0 Å². The Morgan fingerprint density at radius 2 is 1.84 bits per heavy atom. The van der Waals surface area contributed by atoms with E-state index in [1.54, 1.807) is 32.2 Å². The Labute approximate surface area is 110 Å². The molecule has 2 N–H and O–H groups in total. The van der Waals surface area contributed by atoms with Crippen LogP contribution in [0, 0.1) is 6.92 Å². The molecule has 1 heterocycles. The lowest BCUT2D eigenvalue weighted by Crippen LogP contribution is -1.98. The molecule has 0 amide bonds. The van der Waals surface area contributed by atoms with Crippen molar-refractivity contribution in [1.29, 1.82) is 0 Å². The van der Waals surface area contributed by atoms with Crippen molar-refractivity contribution in [3.05, 3.63) is 29.8 Å². The lowest BCUT2D eigenvalue weighted by Gasteiger charge is -2.09. The minimum atomic E-state index is -1.69. The summed E-state index contributed by atoms with van der Waals surface area (Å²) in [5.74, 6) is 1.75. The van der Waals surface area contributed by atoms with E-state index < -0.39 is 6.29 Å². The van der Waals surface area contributed by atoms with E-state index >= 15 is 0 Å². The number of oxazole rings is 1. The zero-order valence-corrected chi connectivity index (χ0v) is 10.9. The Kier molecular flexibility index (Phi) is 3.73. The first-order chi connectivity index (χ1) is 9.06. The van der Waals surface area contributed by atoms with Crippen molar-refractivity contribution in [3.8, 4) is 22.8 Å². The third kappa shape index (κ3) is 2.54. The molecule has 102 valence electrons. The Balaban J connectivity index is 2.53. The molecule has 0 fully saturated rings. The van der Waals surface area contributed by atoms with E-state index in [0.29, 0.717) is 28.7 Å². The Hall–Kier alpha value is -2.05. The quantitative estimate of drug-likeness (QED) is 0.818. The molecule has 0 aliphatic carbocycles. The second-order valence-electron chi connectivity index (χ2n) is 3.89. The molecular formula is C13H15NO5. The largest absolute Gasteiger partial charge is 0.493 e. The first kappa shape index (κ1) is 13.4. The Morgan fingerprint density at radius 1 is 1.16 bits per heavy atom. The smallest absolute Gasteiger partial charge is 0.200 e. The monoisotopic (exact) mass is 265 g/mol. The normalized spacial score (nSPS) is 10.8. The van der Waals surface area contributed by atoms with Crippen LogP contribution in [0.5, 0.6) is 11.5 Å². The molecule has 0 radical (unpaired) electrons. The molecule has 0 spiro atoms. The fourth-order valence-electron chi connectivity index (χ4n) is 1.80. The number of hydrogen-bond donors (Lipinski definition) is 2. The molecule has 0 saturated heterocycles. The molecule has 6 heteroatoms. The van der Waals surface area contributed by atoms with Crippen LogP contribution in [0.4, 0.5) is 0 Å². The number of aromatic nitrogens is 1. The van der Waals surface area contributed by atoms with Crippen molar-refractivity contribution in [2.45, 2.75) is 13.2 Å². The average Bonchev–Trinajstić information content (AvgIpc) is 2.80. The zero-order valence-electron chi connectivity index (χ0n) is 10.9.